The Hall–Kier alpha value is -2.34. The normalized spacial score (nSPS) is 30.7. The van der Waals surface area contributed by atoms with Gasteiger partial charge in [-0.05, 0) is 31.2 Å². The smallest absolute Gasteiger partial charge is 0.411 e. The van der Waals surface area contributed by atoms with Crippen LogP contribution in [0.25, 0.3) is 0 Å². The van der Waals surface area contributed by atoms with Crippen LogP contribution >= 0.6 is 0 Å². The molecular weight excluding hydrogens is 342 g/mol. The quantitative estimate of drug-likeness (QED) is 0.899. The Bertz CT molecular complexity index is 832. The molecule has 1 aromatic heterocycles. The van der Waals surface area contributed by atoms with Crippen molar-refractivity contribution < 1.29 is 13.9 Å². The zero-order valence-corrected chi connectivity index (χ0v) is 15.6. The largest absolute Gasteiger partial charge is 0.448 e. The van der Waals surface area contributed by atoms with Crippen molar-refractivity contribution in [2.75, 3.05) is 13.1 Å². The number of carbonyl (C=O) groups excluding carboxylic acids is 1. The molecule has 142 valence electrons. The van der Waals surface area contributed by atoms with Crippen LogP contribution < -0.4 is 5.32 Å². The van der Waals surface area contributed by atoms with Crippen molar-refractivity contribution in [3.63, 3.8) is 0 Å². The van der Waals surface area contributed by atoms with Gasteiger partial charge < -0.3 is 14.5 Å². The number of aryl methyl sites for hydroxylation is 1. The molecule has 27 heavy (non-hydrogen) atoms. The van der Waals surface area contributed by atoms with Crippen LogP contribution in [-0.2, 0) is 11.3 Å². The number of carbonyl (C=O) groups is 1. The number of fused-ring (bicyclic) bond motifs is 1. The predicted molar refractivity (Wildman–Crippen MR) is 99.2 cm³/mol. The first-order chi connectivity index (χ1) is 13.2. The molecule has 1 N–H and O–H groups in total. The lowest BCUT2D eigenvalue weighted by Crippen LogP contribution is -2.68. The van der Waals surface area contributed by atoms with Crippen LogP contribution in [0.1, 0.15) is 42.3 Å². The second-order valence-electron chi connectivity index (χ2n) is 8.06. The Kier molecular flexibility index (Phi) is 3.97. The number of hydrogen-bond donors (Lipinski definition) is 1. The second-order valence-corrected chi connectivity index (χ2v) is 8.06. The number of oxazole rings is 1. The summed E-state index contributed by atoms with van der Waals surface area (Å²) in [4.78, 5) is 19.5. The lowest BCUT2D eigenvalue weighted by atomic mass is 9.63. The Morgan fingerprint density at radius 2 is 2.11 bits per heavy atom. The topological polar surface area (TPSA) is 67.6 Å². The van der Waals surface area contributed by atoms with Crippen LogP contribution in [-0.4, -0.2) is 40.7 Å². The molecule has 3 fully saturated rings. The van der Waals surface area contributed by atoms with Gasteiger partial charge in [-0.15, -0.1) is 0 Å². The van der Waals surface area contributed by atoms with Crippen molar-refractivity contribution in [1.29, 1.82) is 0 Å². The lowest BCUT2D eigenvalue weighted by Gasteiger charge is -2.52. The summed E-state index contributed by atoms with van der Waals surface area (Å²) in [7, 11) is 0. The summed E-state index contributed by atoms with van der Waals surface area (Å²) >= 11 is 0. The fourth-order valence-electron chi connectivity index (χ4n) is 5.00. The van der Waals surface area contributed by atoms with E-state index in [2.05, 4.69) is 22.4 Å². The highest BCUT2D eigenvalue weighted by Crippen LogP contribution is 2.51. The minimum atomic E-state index is -0.337. The van der Waals surface area contributed by atoms with Gasteiger partial charge in [0.15, 0.2) is 0 Å². The van der Waals surface area contributed by atoms with E-state index in [9.17, 15) is 4.79 Å². The minimum Gasteiger partial charge on any atom is -0.448 e. The predicted octanol–water partition coefficient (Wildman–Crippen LogP) is 3.23. The van der Waals surface area contributed by atoms with Gasteiger partial charge in [0.1, 0.15) is 12.4 Å². The number of nitrogens with one attached hydrogen (secondary N) is 1. The number of rotatable bonds is 4. The maximum Gasteiger partial charge on any atom is 0.411 e. The monoisotopic (exact) mass is 367 g/mol. The molecule has 0 spiro atoms. The molecule has 2 aliphatic heterocycles. The van der Waals surface area contributed by atoms with E-state index in [-0.39, 0.29) is 23.7 Å². The number of hydrogen-bond acceptors (Lipinski definition) is 5. The summed E-state index contributed by atoms with van der Waals surface area (Å²) in [5.41, 5.74) is 1.65. The van der Waals surface area contributed by atoms with Crippen molar-refractivity contribution in [1.82, 2.24) is 15.2 Å². The summed E-state index contributed by atoms with van der Waals surface area (Å²) in [6.45, 7) is 3.97. The van der Waals surface area contributed by atoms with Crippen molar-refractivity contribution in [2.45, 2.75) is 50.3 Å². The molecule has 3 heterocycles. The molecule has 2 saturated heterocycles. The van der Waals surface area contributed by atoms with Crippen LogP contribution in [0.2, 0.25) is 0 Å². The molecule has 5 rings (SSSR count). The Balaban J connectivity index is 1.53. The molecule has 0 radical (unpaired) electrons. The average Bonchev–Trinajstić information content (AvgIpc) is 3.17. The minimum absolute atomic E-state index is 0.0576. The van der Waals surface area contributed by atoms with Gasteiger partial charge in [-0.3, -0.25) is 4.90 Å². The van der Waals surface area contributed by atoms with E-state index in [1.54, 1.807) is 6.26 Å². The molecule has 1 aliphatic carbocycles. The van der Waals surface area contributed by atoms with Crippen molar-refractivity contribution >= 4 is 6.09 Å². The molecule has 1 saturated carbocycles. The number of benzene rings is 1. The first-order valence-electron chi connectivity index (χ1n) is 9.83. The van der Waals surface area contributed by atoms with Gasteiger partial charge in [0, 0.05) is 19.6 Å². The van der Waals surface area contributed by atoms with Crippen LogP contribution in [0.4, 0.5) is 4.79 Å². The summed E-state index contributed by atoms with van der Waals surface area (Å²) in [5.74, 6) is 1.06. The summed E-state index contributed by atoms with van der Waals surface area (Å²) in [6, 6.07) is 10.2. The molecular formula is C21H25N3O3. The van der Waals surface area contributed by atoms with Gasteiger partial charge in [0.25, 0.3) is 0 Å². The third-order valence-corrected chi connectivity index (χ3v) is 6.53. The van der Waals surface area contributed by atoms with Gasteiger partial charge in [-0.25, -0.2) is 9.78 Å². The maximum atomic E-state index is 13.0. The van der Waals surface area contributed by atoms with Crippen molar-refractivity contribution in [2.24, 2.45) is 5.92 Å². The number of amides is 1. The first-order valence-corrected chi connectivity index (χ1v) is 9.83. The van der Waals surface area contributed by atoms with Gasteiger partial charge in [0.2, 0.25) is 5.89 Å². The lowest BCUT2D eigenvalue weighted by molar-refractivity contribution is -0.0297. The molecule has 0 bridgehead atoms. The molecule has 3 aliphatic rings. The van der Waals surface area contributed by atoms with E-state index in [0.717, 1.165) is 30.6 Å². The fraction of sp³-hybridized carbons (Fsp3) is 0.524. The molecule has 3 atom stereocenters. The second kappa shape index (κ2) is 6.37. The highest BCUT2D eigenvalue weighted by molar-refractivity contribution is 5.73. The van der Waals surface area contributed by atoms with Crippen molar-refractivity contribution in [3.8, 4) is 0 Å². The van der Waals surface area contributed by atoms with E-state index in [4.69, 9.17) is 9.15 Å². The van der Waals surface area contributed by atoms with Gasteiger partial charge >= 0.3 is 6.09 Å². The fourth-order valence-corrected chi connectivity index (χ4v) is 5.00. The Morgan fingerprint density at radius 3 is 2.78 bits per heavy atom. The maximum absolute atomic E-state index is 13.0. The SMILES string of the molecule is Cc1coc([C@H]2CNC[C@]3(C4CCC4)[C@H]2OC(=O)N3Cc2ccccc2)n1. The zero-order valence-electron chi connectivity index (χ0n) is 15.6. The van der Waals surface area contributed by atoms with E-state index in [0.29, 0.717) is 24.9 Å². The molecule has 2 aromatic rings. The third-order valence-electron chi connectivity index (χ3n) is 6.53. The van der Waals surface area contributed by atoms with Crippen LogP contribution in [0, 0.1) is 12.8 Å². The highest BCUT2D eigenvalue weighted by atomic mass is 16.6. The van der Waals surface area contributed by atoms with Crippen LogP contribution in [0.15, 0.2) is 41.0 Å². The molecule has 1 amide bonds. The van der Waals surface area contributed by atoms with Gasteiger partial charge in [0.05, 0.1) is 17.2 Å². The molecule has 6 heteroatoms. The average molecular weight is 367 g/mol. The highest BCUT2D eigenvalue weighted by Gasteiger charge is 2.64. The summed E-state index contributed by atoms with van der Waals surface area (Å²) < 4.78 is 11.7. The first kappa shape index (κ1) is 16.8. The van der Waals surface area contributed by atoms with E-state index < -0.39 is 0 Å². The Morgan fingerprint density at radius 1 is 1.30 bits per heavy atom. The van der Waals surface area contributed by atoms with Crippen LogP contribution in [0.5, 0.6) is 0 Å². The number of ether oxygens (including phenoxy) is 1. The molecule has 0 unspecified atom stereocenters. The van der Waals surface area contributed by atoms with E-state index in [1.807, 2.05) is 30.0 Å². The van der Waals surface area contributed by atoms with E-state index in [1.165, 1.54) is 6.42 Å². The standard InChI is InChI=1S/C21H25N3O3/c1-14-12-26-19(23-14)17-10-22-13-21(16-8-5-9-16)18(17)27-20(25)24(21)11-15-6-3-2-4-7-15/h2-4,6-7,12,16-18,22H,5,8-11,13H2,1H3/t17-,18-,21-/m0/s1. The molecule has 6 nitrogen and oxygen atoms in total. The van der Waals surface area contributed by atoms with E-state index >= 15 is 0 Å². The third kappa shape index (κ3) is 2.57. The Labute approximate surface area is 158 Å². The number of piperidine rings is 1. The van der Waals surface area contributed by atoms with Crippen LogP contribution in [0.3, 0.4) is 0 Å². The van der Waals surface area contributed by atoms with Crippen molar-refractivity contribution in [3.05, 3.63) is 53.7 Å². The van der Waals surface area contributed by atoms with Gasteiger partial charge in [-0.2, -0.15) is 0 Å². The number of nitrogens with zero attached hydrogens (tertiary/aromatic N) is 2. The van der Waals surface area contributed by atoms with Gasteiger partial charge in [-0.1, -0.05) is 36.8 Å². The number of aromatic nitrogens is 1. The summed E-state index contributed by atoms with van der Waals surface area (Å²) in [6.07, 6.45) is 4.73. The molecule has 1 aromatic carbocycles. The summed E-state index contributed by atoms with van der Waals surface area (Å²) in [5, 5.41) is 3.57. The zero-order chi connectivity index (χ0) is 18.4.